The van der Waals surface area contributed by atoms with Crippen LogP contribution >= 0.6 is 11.6 Å². The lowest BCUT2D eigenvalue weighted by Gasteiger charge is -2.30. The molecule has 10 heteroatoms. The Morgan fingerprint density at radius 1 is 0.963 bits per heavy atom. The quantitative estimate of drug-likeness (QED) is 0.140. The number of pyridine rings is 1. The zero-order valence-corrected chi connectivity index (χ0v) is 32.7. The van der Waals surface area contributed by atoms with E-state index in [9.17, 15) is 9.90 Å². The Bertz CT molecular complexity index is 1860. The first-order chi connectivity index (χ1) is 26.3. The molecule has 0 aliphatic carbocycles. The van der Waals surface area contributed by atoms with Gasteiger partial charge in [-0.2, -0.15) is 0 Å². The smallest absolute Gasteiger partial charge is 0.252 e. The van der Waals surface area contributed by atoms with Gasteiger partial charge in [0.05, 0.1) is 23.8 Å². The molecule has 9 nitrogen and oxygen atoms in total. The van der Waals surface area contributed by atoms with Gasteiger partial charge in [0.15, 0.2) is 0 Å². The summed E-state index contributed by atoms with van der Waals surface area (Å²) in [5, 5.41) is 16.9. The molecule has 3 heterocycles. The number of amides is 1. The highest BCUT2D eigenvalue weighted by Crippen LogP contribution is 2.36. The minimum absolute atomic E-state index is 0.00130. The fourth-order valence-electron chi connectivity index (χ4n) is 7.25. The molecular formula is C44H55ClN4O5. The van der Waals surface area contributed by atoms with Crippen LogP contribution < -0.4 is 24.8 Å². The first kappa shape index (κ1) is 39.5. The van der Waals surface area contributed by atoms with Gasteiger partial charge in [-0.3, -0.25) is 9.78 Å². The zero-order chi connectivity index (χ0) is 37.9. The molecule has 1 amide bonds. The Labute approximate surface area is 325 Å². The Morgan fingerprint density at radius 2 is 1.76 bits per heavy atom. The van der Waals surface area contributed by atoms with Crippen molar-refractivity contribution in [2.45, 2.75) is 85.1 Å². The molecule has 2 aliphatic heterocycles. The maximum absolute atomic E-state index is 12.7. The molecule has 3 N–H and O–H groups in total. The van der Waals surface area contributed by atoms with Crippen LogP contribution in [0.25, 0.3) is 11.1 Å². The predicted octanol–water partition coefficient (Wildman–Crippen LogP) is 8.04. The highest BCUT2D eigenvalue weighted by atomic mass is 35.5. The molecule has 1 fully saturated rings. The zero-order valence-electron chi connectivity index (χ0n) is 32.0. The molecule has 288 valence electrons. The summed E-state index contributed by atoms with van der Waals surface area (Å²) in [6.07, 6.45) is 9.29. The molecule has 2 aliphatic rings. The monoisotopic (exact) mass is 754 g/mol. The van der Waals surface area contributed by atoms with E-state index in [2.05, 4.69) is 77.7 Å². The first-order valence-corrected chi connectivity index (χ1v) is 19.8. The highest BCUT2D eigenvalue weighted by molar-refractivity contribution is 6.32. The Hall–Kier alpha value is -4.15. The topological polar surface area (TPSA) is 105 Å². The van der Waals surface area contributed by atoms with E-state index < -0.39 is 0 Å². The Morgan fingerprint density at radius 3 is 2.57 bits per heavy atom. The summed E-state index contributed by atoms with van der Waals surface area (Å²) in [7, 11) is 0. The standard InChI is InChI=1S/C44H55ClN4O5/c1-30-14-18-49(19-15-30)17-8-20-52-41-13-7-12-39(32(41)3)38-11-6-9-34(31(38)2)29-54-43-23-42-35(22-40(43)45)26-48-37(27-50)10-4-5-16-47-44(51)36-21-33(28-53-42)24-46-25-36/h6-7,9,11-13,21-25,30,37,48,50H,4-5,8,10,14-20,26-29H2,1-3H3,(H,47,51)/t37-/m1/s1. The van der Waals surface area contributed by atoms with Crippen LogP contribution in [0.2, 0.25) is 5.02 Å². The number of fused-ring (bicyclic) bond motifs is 3. The van der Waals surface area contributed by atoms with E-state index in [1.54, 1.807) is 18.5 Å². The molecule has 0 unspecified atom stereocenters. The van der Waals surface area contributed by atoms with Crippen LogP contribution in [0.15, 0.2) is 67.0 Å². The summed E-state index contributed by atoms with van der Waals surface area (Å²) in [5.41, 5.74) is 7.69. The van der Waals surface area contributed by atoms with E-state index in [1.807, 2.05) is 12.1 Å². The van der Waals surface area contributed by atoms with Gasteiger partial charge in [-0.25, -0.2) is 0 Å². The molecule has 4 aromatic rings. The van der Waals surface area contributed by atoms with Crippen LogP contribution in [-0.4, -0.2) is 66.3 Å². The number of rotatable bonds is 10. The normalized spacial score (nSPS) is 17.6. The number of nitrogens with one attached hydrogen (secondary N) is 2. The van der Waals surface area contributed by atoms with Gasteiger partial charge in [-0.05, 0) is 111 Å². The van der Waals surface area contributed by atoms with Gasteiger partial charge in [0.2, 0.25) is 0 Å². The SMILES string of the molecule is Cc1c(COc2cc3c(cc2Cl)CN[C@@H](CO)CCCCNC(=O)c2cncc(c2)CO3)cccc1-c1cccc(OCCCN2CCC(C)CC2)c1C. The van der Waals surface area contributed by atoms with E-state index in [-0.39, 0.29) is 25.2 Å². The summed E-state index contributed by atoms with van der Waals surface area (Å²) in [4.78, 5) is 19.6. The van der Waals surface area contributed by atoms with Crippen LogP contribution in [0.5, 0.6) is 17.2 Å². The van der Waals surface area contributed by atoms with Crippen molar-refractivity contribution in [3.63, 3.8) is 0 Å². The number of carbonyl (C=O) groups is 1. The Balaban J connectivity index is 1.16. The second-order valence-corrected chi connectivity index (χ2v) is 15.2. The van der Waals surface area contributed by atoms with Crippen molar-refractivity contribution in [2.75, 3.05) is 39.4 Å². The summed E-state index contributed by atoms with van der Waals surface area (Å²) in [6.45, 7) is 12.3. The number of halogens is 1. The average Bonchev–Trinajstić information content (AvgIpc) is 3.18. The molecule has 54 heavy (non-hydrogen) atoms. The van der Waals surface area contributed by atoms with Gasteiger partial charge in [0.1, 0.15) is 30.5 Å². The predicted molar refractivity (Wildman–Crippen MR) is 215 cm³/mol. The minimum atomic E-state index is -0.167. The summed E-state index contributed by atoms with van der Waals surface area (Å²) < 4.78 is 19.1. The molecule has 1 saturated heterocycles. The lowest BCUT2D eigenvalue weighted by molar-refractivity contribution is 0.0952. The van der Waals surface area contributed by atoms with Crippen molar-refractivity contribution in [1.29, 1.82) is 0 Å². The molecule has 0 radical (unpaired) electrons. The fourth-order valence-corrected chi connectivity index (χ4v) is 7.49. The van der Waals surface area contributed by atoms with E-state index in [1.165, 1.54) is 25.9 Å². The number of carbonyl (C=O) groups excluding carboxylic acids is 1. The number of aliphatic hydroxyl groups excluding tert-OH is 1. The van der Waals surface area contributed by atoms with E-state index >= 15 is 0 Å². The van der Waals surface area contributed by atoms with Crippen molar-refractivity contribution in [3.8, 4) is 28.4 Å². The van der Waals surface area contributed by atoms with Gasteiger partial charge in [-0.1, -0.05) is 55.3 Å². The van der Waals surface area contributed by atoms with Gasteiger partial charge >= 0.3 is 0 Å². The number of piperidine rings is 1. The van der Waals surface area contributed by atoms with Crippen LogP contribution in [0.3, 0.4) is 0 Å². The maximum Gasteiger partial charge on any atom is 0.252 e. The molecule has 2 bridgehead atoms. The van der Waals surface area contributed by atoms with E-state index in [0.29, 0.717) is 48.4 Å². The van der Waals surface area contributed by atoms with E-state index in [0.717, 1.165) is 82.8 Å². The fraction of sp³-hybridized carbons (Fsp3) is 0.455. The lowest BCUT2D eigenvalue weighted by Crippen LogP contribution is -2.34. The van der Waals surface area contributed by atoms with Crippen molar-refractivity contribution >= 4 is 17.5 Å². The van der Waals surface area contributed by atoms with Crippen LogP contribution in [0.4, 0.5) is 0 Å². The summed E-state index contributed by atoms with van der Waals surface area (Å²) in [5.74, 6) is 2.71. The maximum atomic E-state index is 12.7. The molecule has 6 rings (SSSR count). The van der Waals surface area contributed by atoms with Crippen molar-refractivity contribution in [2.24, 2.45) is 5.92 Å². The third-order valence-electron chi connectivity index (χ3n) is 10.8. The molecule has 0 spiro atoms. The molecule has 1 aromatic heterocycles. The Kier molecular flexibility index (Phi) is 14.2. The van der Waals surface area contributed by atoms with Crippen LogP contribution in [0, 0.1) is 19.8 Å². The van der Waals surface area contributed by atoms with Crippen molar-refractivity contribution in [1.82, 2.24) is 20.5 Å². The molecule has 0 saturated carbocycles. The van der Waals surface area contributed by atoms with Crippen molar-refractivity contribution in [3.05, 3.63) is 105 Å². The number of nitrogens with zero attached hydrogens (tertiary/aromatic N) is 2. The number of ether oxygens (including phenoxy) is 3. The van der Waals surface area contributed by atoms with Gasteiger partial charge in [-0.15, -0.1) is 0 Å². The van der Waals surface area contributed by atoms with Gasteiger partial charge in [0.25, 0.3) is 5.91 Å². The highest BCUT2D eigenvalue weighted by Gasteiger charge is 2.18. The number of likely N-dealkylation sites (tertiary alicyclic amines) is 1. The molecular weight excluding hydrogens is 700 g/mol. The number of aliphatic hydroxyl groups is 1. The second-order valence-electron chi connectivity index (χ2n) is 14.8. The van der Waals surface area contributed by atoms with E-state index in [4.69, 9.17) is 25.8 Å². The first-order valence-electron chi connectivity index (χ1n) is 19.5. The average molecular weight is 755 g/mol. The molecule has 3 aromatic carbocycles. The van der Waals surface area contributed by atoms with Crippen molar-refractivity contribution < 1.29 is 24.1 Å². The van der Waals surface area contributed by atoms with Crippen LogP contribution in [0.1, 0.15) is 83.6 Å². The molecule has 1 atom stereocenters. The lowest BCUT2D eigenvalue weighted by atomic mass is 9.93. The largest absolute Gasteiger partial charge is 0.493 e. The van der Waals surface area contributed by atoms with Gasteiger partial charge < -0.3 is 34.9 Å². The third kappa shape index (κ3) is 10.5. The number of hydrogen-bond acceptors (Lipinski definition) is 8. The minimum Gasteiger partial charge on any atom is -0.493 e. The number of benzene rings is 3. The van der Waals surface area contributed by atoms with Gasteiger partial charge in [0, 0.05) is 55.3 Å². The summed E-state index contributed by atoms with van der Waals surface area (Å²) in [6, 6.07) is 18.0. The number of hydrogen-bond donors (Lipinski definition) is 3. The third-order valence-corrected chi connectivity index (χ3v) is 11.1. The number of aromatic nitrogens is 1. The summed E-state index contributed by atoms with van der Waals surface area (Å²) >= 11 is 6.86. The second kappa shape index (κ2) is 19.4. The van der Waals surface area contributed by atoms with Crippen LogP contribution in [-0.2, 0) is 19.8 Å².